The minimum Gasteiger partial charge on any atom is -0.368 e. The summed E-state index contributed by atoms with van der Waals surface area (Å²) in [5.41, 5.74) is 21.6. The van der Waals surface area contributed by atoms with Crippen LogP contribution >= 0.6 is 0 Å². The predicted octanol–water partition coefficient (Wildman–Crippen LogP) is 6.93. The molecule has 5 aromatic rings. The van der Waals surface area contributed by atoms with Gasteiger partial charge in [0.25, 0.3) is 0 Å². The monoisotopic (exact) mass is 1110 g/mol. The lowest BCUT2D eigenvalue weighted by atomic mass is 10.0. The van der Waals surface area contributed by atoms with Gasteiger partial charge in [-0.2, -0.15) is 0 Å². The van der Waals surface area contributed by atoms with E-state index in [1.54, 1.807) is 12.4 Å². The number of hydrogen-bond donors (Lipinski definition) is 10. The molecule has 0 saturated carbocycles. The molecular weight excluding hydrogens is 1020 g/mol. The van der Waals surface area contributed by atoms with Gasteiger partial charge in [-0.3, -0.25) is 33.6 Å². The minimum absolute atomic E-state index is 0.0383. The Bertz CT molecular complexity index is 2760. The number of nitrogens with one attached hydrogen (secondary N) is 7. The molecule has 13 N–H and O–H groups in total. The van der Waals surface area contributed by atoms with Crippen LogP contribution in [0, 0.1) is 0 Å². The fourth-order valence-electron chi connectivity index (χ4n) is 11.0. The molecule has 0 aliphatic carbocycles. The number of fused-ring (bicyclic) bond motifs is 2. The summed E-state index contributed by atoms with van der Waals surface area (Å²) in [5, 5.41) is 16.4. The molecular formula is C63H91N11O7. The van der Waals surface area contributed by atoms with Crippen LogP contribution in [-0.4, -0.2) is 112 Å². The van der Waals surface area contributed by atoms with Gasteiger partial charge in [0, 0.05) is 66.4 Å². The number of nitrogens with zero attached hydrogens (tertiary/aromatic N) is 1. The maximum absolute atomic E-state index is 15.1. The van der Waals surface area contributed by atoms with E-state index in [-0.39, 0.29) is 44.6 Å². The van der Waals surface area contributed by atoms with Gasteiger partial charge in [0.2, 0.25) is 41.4 Å². The van der Waals surface area contributed by atoms with Crippen LogP contribution in [0.5, 0.6) is 0 Å². The van der Waals surface area contributed by atoms with E-state index in [4.69, 9.17) is 17.2 Å². The summed E-state index contributed by atoms with van der Waals surface area (Å²) >= 11 is 0. The van der Waals surface area contributed by atoms with Crippen molar-refractivity contribution in [1.82, 2.24) is 41.5 Å². The first-order chi connectivity index (χ1) is 39.4. The molecule has 0 spiro atoms. The van der Waals surface area contributed by atoms with Gasteiger partial charge in [-0.1, -0.05) is 144 Å². The highest BCUT2D eigenvalue weighted by atomic mass is 16.2. The topological polar surface area (TPSA) is 293 Å². The Hall–Kier alpha value is -7.05. The Morgan fingerprint density at radius 2 is 1.01 bits per heavy atom. The Labute approximate surface area is 478 Å². The Morgan fingerprint density at radius 3 is 1.57 bits per heavy atom. The number of H-pyrrole nitrogens is 2. The number of carbonyl (C=O) groups is 7. The van der Waals surface area contributed by atoms with Crippen molar-refractivity contribution in [3.63, 3.8) is 0 Å². The van der Waals surface area contributed by atoms with Crippen LogP contribution in [0.2, 0.25) is 0 Å². The molecule has 0 bridgehead atoms. The Balaban J connectivity index is 1.16. The minimum atomic E-state index is -1.20. The lowest BCUT2D eigenvalue weighted by Crippen LogP contribution is -2.60. The normalized spacial score (nSPS) is 15.1. The number of nitrogens with two attached hydrogens (primary N) is 3. The second-order valence-electron chi connectivity index (χ2n) is 22.0. The van der Waals surface area contributed by atoms with Crippen LogP contribution in [0.1, 0.15) is 158 Å². The average Bonchev–Trinajstić information content (AvgIpc) is 4.30. The number of primary amides is 1. The number of benzene rings is 3. The average molecular weight is 1110 g/mol. The summed E-state index contributed by atoms with van der Waals surface area (Å²) in [4.78, 5) is 107. The number of aromatic nitrogens is 2. The van der Waals surface area contributed by atoms with Crippen LogP contribution < -0.4 is 43.8 Å². The summed E-state index contributed by atoms with van der Waals surface area (Å²) < 4.78 is 0. The van der Waals surface area contributed by atoms with Gasteiger partial charge >= 0.3 is 0 Å². The van der Waals surface area contributed by atoms with Gasteiger partial charge in [0.05, 0.1) is 0 Å². The van der Waals surface area contributed by atoms with E-state index >= 15 is 4.79 Å². The molecule has 0 radical (unpaired) electrons. The number of hydrogen-bond acceptors (Lipinski definition) is 9. The number of aromatic amines is 2. The molecule has 7 amide bonds. The zero-order valence-electron chi connectivity index (χ0n) is 47.8. The van der Waals surface area contributed by atoms with E-state index in [2.05, 4.69) is 43.5 Å². The van der Waals surface area contributed by atoms with E-state index in [1.807, 2.05) is 78.9 Å². The number of likely N-dealkylation sites (tertiary alicyclic amines) is 1. The summed E-state index contributed by atoms with van der Waals surface area (Å²) in [5.74, 6) is -3.80. The van der Waals surface area contributed by atoms with E-state index < -0.39 is 71.7 Å². The van der Waals surface area contributed by atoms with E-state index in [1.165, 1.54) is 56.3 Å². The van der Waals surface area contributed by atoms with E-state index in [9.17, 15) is 28.8 Å². The highest BCUT2D eigenvalue weighted by molar-refractivity contribution is 5.98. The third kappa shape index (κ3) is 20.2. The summed E-state index contributed by atoms with van der Waals surface area (Å²) in [7, 11) is 0. The van der Waals surface area contributed by atoms with Crippen LogP contribution in [0.15, 0.2) is 91.3 Å². The first kappa shape index (κ1) is 63.1. The fraction of sp³-hybridized carbons (Fsp3) is 0.540. The van der Waals surface area contributed by atoms with E-state index in [0.717, 1.165) is 57.8 Å². The van der Waals surface area contributed by atoms with E-state index in [0.29, 0.717) is 64.5 Å². The zero-order chi connectivity index (χ0) is 57.8. The molecule has 1 fully saturated rings. The molecule has 6 atom stereocenters. The van der Waals surface area contributed by atoms with Crippen molar-refractivity contribution >= 4 is 63.2 Å². The molecule has 81 heavy (non-hydrogen) atoms. The standard InChI is InChI=1S/C63H91N11O7/c1-2-3-4-5-6-7-8-9-10-11-12-16-35-57(75)69-51(32-21-23-36-64)59(77)72-54(39-44-26-14-13-15-27-44)61(79)70-52(33-22-24-37-65)60(78)73-55(41-46-43-68-50-31-20-18-29-48(46)50)63(81)74-38-25-34-56(74)62(80)71-53(58(66)76)40-45-42-67-49-30-19-17-28-47(45)49/h13-15,17-20,26-31,42-43,51-56,67-68H,2-12,16,21-25,32-41,64-65H2,1H3,(H2,66,76)(H,69,75)(H,70,79)(H,71,80)(H,72,77)(H,73,78)/t51-,52-,53-,54-,55-,56-/m0/s1. The molecule has 1 aliphatic rings. The van der Waals surface area contributed by atoms with Crippen LogP contribution in [-0.2, 0) is 52.8 Å². The first-order valence-electron chi connectivity index (χ1n) is 30.0. The lowest BCUT2D eigenvalue weighted by Gasteiger charge is -2.31. The summed E-state index contributed by atoms with van der Waals surface area (Å²) in [6.45, 7) is 3.20. The van der Waals surface area contributed by atoms with Crippen molar-refractivity contribution in [2.45, 2.75) is 197 Å². The van der Waals surface area contributed by atoms with Gasteiger partial charge < -0.3 is 58.7 Å². The molecule has 440 valence electrons. The van der Waals surface area contributed by atoms with Crippen molar-refractivity contribution in [3.8, 4) is 0 Å². The molecule has 3 heterocycles. The first-order valence-corrected chi connectivity index (χ1v) is 30.0. The fourth-order valence-corrected chi connectivity index (χ4v) is 11.0. The number of unbranched alkanes of at least 4 members (excludes halogenated alkanes) is 13. The third-order valence-electron chi connectivity index (χ3n) is 15.7. The molecule has 2 aromatic heterocycles. The maximum Gasteiger partial charge on any atom is 0.246 e. The number of amides is 7. The number of para-hydroxylation sites is 2. The van der Waals surface area contributed by atoms with Crippen molar-refractivity contribution in [1.29, 1.82) is 0 Å². The second-order valence-corrected chi connectivity index (χ2v) is 22.0. The van der Waals surface area contributed by atoms with Crippen molar-refractivity contribution in [2.75, 3.05) is 19.6 Å². The maximum atomic E-state index is 15.1. The van der Waals surface area contributed by atoms with Crippen molar-refractivity contribution in [3.05, 3.63) is 108 Å². The molecule has 0 unspecified atom stereocenters. The molecule has 1 aliphatic heterocycles. The largest absolute Gasteiger partial charge is 0.368 e. The summed E-state index contributed by atoms with van der Waals surface area (Å²) in [6, 6.07) is 17.9. The van der Waals surface area contributed by atoms with Crippen LogP contribution in [0.3, 0.4) is 0 Å². The quantitative estimate of drug-likeness (QED) is 0.0183. The molecule has 3 aromatic carbocycles. The van der Waals surface area contributed by atoms with Crippen LogP contribution in [0.25, 0.3) is 21.8 Å². The molecule has 6 rings (SSSR count). The highest BCUT2D eigenvalue weighted by Gasteiger charge is 2.40. The zero-order valence-corrected chi connectivity index (χ0v) is 47.8. The van der Waals surface area contributed by atoms with Gasteiger partial charge in [0.15, 0.2) is 0 Å². The van der Waals surface area contributed by atoms with Crippen LogP contribution in [0.4, 0.5) is 0 Å². The Kier molecular flexibility index (Phi) is 26.7. The molecule has 1 saturated heterocycles. The van der Waals surface area contributed by atoms with Crippen molar-refractivity contribution in [2.24, 2.45) is 17.2 Å². The van der Waals surface area contributed by atoms with Gasteiger partial charge in [-0.05, 0) is 99.7 Å². The Morgan fingerprint density at radius 1 is 0.531 bits per heavy atom. The van der Waals surface area contributed by atoms with Gasteiger partial charge in [0.1, 0.15) is 36.3 Å². The molecule has 18 nitrogen and oxygen atoms in total. The third-order valence-corrected chi connectivity index (χ3v) is 15.7. The number of carbonyl (C=O) groups excluding carboxylic acids is 7. The van der Waals surface area contributed by atoms with Gasteiger partial charge in [-0.15, -0.1) is 0 Å². The smallest absolute Gasteiger partial charge is 0.246 e. The second kappa shape index (κ2) is 34.3. The van der Waals surface area contributed by atoms with Gasteiger partial charge in [-0.25, -0.2) is 0 Å². The lowest BCUT2D eigenvalue weighted by molar-refractivity contribution is -0.142. The predicted molar refractivity (Wildman–Crippen MR) is 319 cm³/mol. The summed E-state index contributed by atoms with van der Waals surface area (Å²) in [6.07, 6.45) is 21.6. The highest BCUT2D eigenvalue weighted by Crippen LogP contribution is 2.25. The molecule has 18 heteroatoms. The number of rotatable bonds is 38. The SMILES string of the molecule is CCCCCCCCCCCCCCC(=O)N[C@@H](CCCCN)C(=O)N[C@@H](Cc1ccccc1)C(=O)N[C@@H](CCCCN)C(=O)N[C@@H](Cc1c[nH]c2ccccc12)C(=O)N1CCC[C@H]1C(=O)N[C@@H](Cc1c[nH]c2ccccc12)C(N)=O. The van der Waals surface area contributed by atoms with Crippen molar-refractivity contribution < 1.29 is 33.6 Å².